The molecule has 296 valence electrons. The summed E-state index contributed by atoms with van der Waals surface area (Å²) in [4.78, 5) is 45.4. The molecule has 0 N–H and O–H groups in total. The van der Waals surface area contributed by atoms with Gasteiger partial charge in [0.05, 0.1) is 24.5 Å². The first-order valence-corrected chi connectivity index (χ1v) is 20.2. The van der Waals surface area contributed by atoms with Crippen molar-refractivity contribution < 1.29 is 14.4 Å². The summed E-state index contributed by atoms with van der Waals surface area (Å²) in [5.74, 6) is -0.181. The van der Waals surface area contributed by atoms with Gasteiger partial charge in [-0.3, -0.25) is 23.7 Å². The zero-order valence-electron chi connectivity index (χ0n) is 33.3. The number of para-hydroxylation sites is 2. The lowest BCUT2D eigenvalue weighted by Gasteiger charge is -2.23. The Labute approximate surface area is 347 Å². The summed E-state index contributed by atoms with van der Waals surface area (Å²) in [6, 6.07) is 41.9. The molecule has 11 heteroatoms. The number of rotatable bonds is 8. The van der Waals surface area contributed by atoms with Crippen molar-refractivity contribution in [2.45, 2.75) is 52.1 Å². The van der Waals surface area contributed by atoms with Gasteiger partial charge in [0.2, 0.25) is 0 Å². The maximum atomic E-state index is 13.9. The molecule has 0 radical (unpaired) electrons. The fourth-order valence-electron chi connectivity index (χ4n) is 8.44. The van der Waals surface area contributed by atoms with Crippen molar-refractivity contribution in [3.8, 4) is 22.5 Å². The average molecular weight is 791 g/mol. The molecule has 2 unspecified atom stereocenters. The Morgan fingerprint density at radius 1 is 0.467 bits per heavy atom. The van der Waals surface area contributed by atoms with Crippen LogP contribution in [-0.2, 0) is 31.0 Å². The minimum atomic E-state index is -0.554. The SMILES string of the molecule is CC(C(=O)C(C)n1ccc(-c2ccc(C(=O)N3Cc4cccn4Cc4ccccc43)cc2)n1)n1ccc(-c2ccc(C(=O)N3Cc4cccn4Cc4ccccc43)cc2)n1. The van der Waals surface area contributed by atoms with Gasteiger partial charge in [-0.1, -0.05) is 60.7 Å². The van der Waals surface area contributed by atoms with Gasteiger partial charge in [0.1, 0.15) is 12.1 Å². The third-order valence-electron chi connectivity index (χ3n) is 11.9. The van der Waals surface area contributed by atoms with Gasteiger partial charge in [0, 0.05) is 82.9 Å². The number of Topliss-reactive ketones (excluding diaryl/α,β-unsaturated/α-hetero) is 1. The highest BCUT2D eigenvalue weighted by Gasteiger charge is 2.28. The summed E-state index contributed by atoms with van der Waals surface area (Å²) in [5.41, 5.74) is 10.5. The predicted octanol–water partition coefficient (Wildman–Crippen LogP) is 8.83. The summed E-state index contributed by atoms with van der Waals surface area (Å²) < 4.78 is 7.72. The Kier molecular flexibility index (Phi) is 9.20. The molecule has 0 spiro atoms. The smallest absolute Gasteiger partial charge is 0.258 e. The molecule has 11 nitrogen and oxygen atoms in total. The monoisotopic (exact) mass is 790 g/mol. The maximum absolute atomic E-state index is 13.9. The van der Waals surface area contributed by atoms with E-state index in [0.29, 0.717) is 35.6 Å². The number of ketones is 1. The second-order valence-electron chi connectivity index (χ2n) is 15.6. The number of carbonyl (C=O) groups excluding carboxylic acids is 3. The van der Waals surface area contributed by atoms with Gasteiger partial charge >= 0.3 is 0 Å². The van der Waals surface area contributed by atoms with Gasteiger partial charge in [0.15, 0.2) is 5.78 Å². The predicted molar refractivity (Wildman–Crippen MR) is 231 cm³/mol. The topological polar surface area (TPSA) is 103 Å². The molecule has 0 bridgehead atoms. The van der Waals surface area contributed by atoms with Crippen LogP contribution in [0.25, 0.3) is 22.5 Å². The fourth-order valence-corrected chi connectivity index (χ4v) is 8.44. The first-order valence-electron chi connectivity index (χ1n) is 20.2. The van der Waals surface area contributed by atoms with Crippen LogP contribution in [0.1, 0.15) is 69.2 Å². The number of nitrogens with zero attached hydrogens (tertiary/aromatic N) is 8. The number of fused-ring (bicyclic) bond motifs is 4. The van der Waals surface area contributed by atoms with Crippen LogP contribution in [0.2, 0.25) is 0 Å². The number of hydrogen-bond acceptors (Lipinski definition) is 5. The third-order valence-corrected chi connectivity index (χ3v) is 11.9. The molecule has 4 aromatic heterocycles. The summed E-state index contributed by atoms with van der Waals surface area (Å²) in [5, 5.41) is 9.55. The van der Waals surface area contributed by atoms with Crippen molar-refractivity contribution in [1.29, 1.82) is 0 Å². The quantitative estimate of drug-likeness (QED) is 0.153. The van der Waals surface area contributed by atoms with Gasteiger partial charge < -0.3 is 18.9 Å². The number of carbonyl (C=O) groups is 3. The molecule has 10 rings (SSSR count). The van der Waals surface area contributed by atoms with Crippen LogP contribution in [-0.4, -0.2) is 46.3 Å². The minimum absolute atomic E-state index is 0.0473. The second kappa shape index (κ2) is 15.0. The largest absolute Gasteiger partial charge is 0.345 e. The van der Waals surface area contributed by atoms with E-state index in [1.807, 2.05) is 145 Å². The Bertz CT molecular complexity index is 2700. The second-order valence-corrected chi connectivity index (χ2v) is 15.6. The Balaban J connectivity index is 0.801. The first-order chi connectivity index (χ1) is 29.3. The number of benzene rings is 4. The van der Waals surface area contributed by atoms with E-state index in [1.54, 1.807) is 9.36 Å². The van der Waals surface area contributed by atoms with Crippen LogP contribution < -0.4 is 9.80 Å². The lowest BCUT2D eigenvalue weighted by Crippen LogP contribution is -2.30. The normalized spacial score (nSPS) is 14.2. The van der Waals surface area contributed by atoms with Gasteiger partial charge in [-0.2, -0.15) is 10.2 Å². The van der Waals surface area contributed by atoms with Crippen molar-refractivity contribution in [2.24, 2.45) is 0 Å². The third kappa shape index (κ3) is 6.63. The Morgan fingerprint density at radius 3 is 1.32 bits per heavy atom. The molecule has 2 atom stereocenters. The molecule has 8 aromatic rings. The van der Waals surface area contributed by atoms with E-state index in [2.05, 4.69) is 45.8 Å². The molecule has 0 fully saturated rings. The Hall–Kier alpha value is -7.53. The molecular weight excluding hydrogens is 749 g/mol. The molecule has 2 amide bonds. The van der Waals surface area contributed by atoms with Crippen molar-refractivity contribution in [2.75, 3.05) is 9.80 Å². The first kappa shape index (κ1) is 36.8. The van der Waals surface area contributed by atoms with Crippen molar-refractivity contribution >= 4 is 29.0 Å². The molecule has 2 aliphatic rings. The van der Waals surface area contributed by atoms with E-state index in [9.17, 15) is 14.4 Å². The highest BCUT2D eigenvalue weighted by molar-refractivity contribution is 6.07. The number of amides is 2. The van der Waals surface area contributed by atoms with E-state index in [0.717, 1.165) is 58.1 Å². The molecule has 60 heavy (non-hydrogen) atoms. The number of aromatic nitrogens is 6. The van der Waals surface area contributed by atoms with Crippen molar-refractivity contribution in [3.63, 3.8) is 0 Å². The van der Waals surface area contributed by atoms with E-state index in [-0.39, 0.29) is 17.6 Å². The summed E-state index contributed by atoms with van der Waals surface area (Å²) in [7, 11) is 0. The maximum Gasteiger partial charge on any atom is 0.258 e. The summed E-state index contributed by atoms with van der Waals surface area (Å²) in [6.07, 6.45) is 7.73. The fraction of sp³-hybridized carbons (Fsp3) is 0.163. The lowest BCUT2D eigenvalue weighted by atomic mass is 10.1. The Morgan fingerprint density at radius 2 is 0.883 bits per heavy atom. The molecule has 0 saturated carbocycles. The van der Waals surface area contributed by atoms with Gasteiger partial charge in [-0.25, -0.2) is 0 Å². The molecule has 4 aromatic carbocycles. The van der Waals surface area contributed by atoms with Gasteiger partial charge in [-0.15, -0.1) is 0 Å². The van der Waals surface area contributed by atoms with Crippen molar-refractivity contribution in [1.82, 2.24) is 28.7 Å². The highest BCUT2D eigenvalue weighted by atomic mass is 16.2. The van der Waals surface area contributed by atoms with E-state index in [1.165, 1.54) is 0 Å². The lowest BCUT2D eigenvalue weighted by molar-refractivity contribution is -0.125. The van der Waals surface area contributed by atoms with Crippen LogP contribution in [0, 0.1) is 0 Å². The van der Waals surface area contributed by atoms with E-state index in [4.69, 9.17) is 10.2 Å². The van der Waals surface area contributed by atoms with Gasteiger partial charge in [-0.05, 0) is 97.8 Å². The standard InChI is InChI=1S/C49H42N8O3/c1-33(56-27-23-43(50-56)35-15-19-37(20-16-35)48(59)54-31-41-11-7-25-52(41)29-39-9-3-5-13-45(39)54)47(58)34(2)57-28-24-44(51-57)36-17-21-38(22-18-36)49(60)55-32-42-12-8-26-53(42)30-40-10-4-6-14-46(40)55/h3-28,33-34H,29-32H2,1-2H3. The summed E-state index contributed by atoms with van der Waals surface area (Å²) in [6.45, 7) is 6.09. The zero-order valence-corrected chi connectivity index (χ0v) is 33.3. The average Bonchev–Trinajstić information content (AvgIpc) is 4.12. The molecule has 6 heterocycles. The molecule has 2 aliphatic heterocycles. The number of hydrogen-bond donors (Lipinski definition) is 0. The highest BCUT2D eigenvalue weighted by Crippen LogP contribution is 2.32. The van der Waals surface area contributed by atoms with Crippen LogP contribution >= 0.6 is 0 Å². The zero-order chi connectivity index (χ0) is 40.9. The van der Waals surface area contributed by atoms with Crippen LogP contribution in [0.5, 0.6) is 0 Å². The number of anilines is 2. The molecule has 0 saturated heterocycles. The molecular formula is C49H42N8O3. The van der Waals surface area contributed by atoms with E-state index < -0.39 is 12.1 Å². The van der Waals surface area contributed by atoms with Gasteiger partial charge in [0.25, 0.3) is 11.8 Å². The van der Waals surface area contributed by atoms with E-state index >= 15 is 0 Å². The van der Waals surface area contributed by atoms with Crippen LogP contribution in [0.4, 0.5) is 11.4 Å². The van der Waals surface area contributed by atoms with Crippen LogP contribution in [0.15, 0.2) is 158 Å². The minimum Gasteiger partial charge on any atom is -0.345 e. The van der Waals surface area contributed by atoms with Crippen molar-refractivity contribution in [3.05, 3.63) is 192 Å². The summed E-state index contributed by atoms with van der Waals surface area (Å²) >= 11 is 0. The molecule has 0 aliphatic carbocycles. The van der Waals surface area contributed by atoms with Crippen LogP contribution in [0.3, 0.4) is 0 Å².